The molecule has 0 aliphatic carbocycles. The predicted octanol–water partition coefficient (Wildman–Crippen LogP) is 7.62. The van der Waals surface area contributed by atoms with E-state index >= 15 is 0 Å². The Labute approximate surface area is 360 Å². The number of esters is 2. The summed E-state index contributed by atoms with van der Waals surface area (Å²) in [7, 11) is 0.933. The van der Waals surface area contributed by atoms with Gasteiger partial charge in [-0.15, -0.1) is 0 Å². The Bertz CT molecular complexity index is 1540. The number of nitrogens with zero attached hydrogens (tertiary/aromatic N) is 1. The molecule has 5 atom stereocenters. The van der Waals surface area contributed by atoms with Gasteiger partial charge >= 0.3 is 11.9 Å². The molecule has 1 unspecified atom stereocenters. The normalized spacial score (nSPS) is 15.7. The number of furan rings is 1. The SMILES string of the molecule is CC/C=C\C[C@@H](O)/C=C/C=C/C=C\C=C/[C@H](O)[C@@H](O)CCCC(=O)OC[C@H](COP(=O)([O-])OCC[N+](C)(C)C)OC(=O)CCCCCCCCc1oc(CCC)c(C)c1C. The van der Waals surface area contributed by atoms with Crippen LogP contribution in [0.2, 0.25) is 0 Å². The van der Waals surface area contributed by atoms with Crippen LogP contribution in [0.3, 0.4) is 0 Å². The lowest BCUT2D eigenvalue weighted by molar-refractivity contribution is -0.870. The van der Waals surface area contributed by atoms with E-state index in [4.69, 9.17) is 22.9 Å². The van der Waals surface area contributed by atoms with Crippen LogP contribution < -0.4 is 4.89 Å². The van der Waals surface area contributed by atoms with Crippen molar-refractivity contribution in [3.05, 3.63) is 83.4 Å². The number of rotatable bonds is 34. The number of carbonyl (C=O) groups is 2. The molecule has 1 heterocycles. The molecule has 0 aliphatic heterocycles. The van der Waals surface area contributed by atoms with Crippen molar-refractivity contribution in [3.8, 4) is 0 Å². The van der Waals surface area contributed by atoms with E-state index in [1.807, 2.05) is 40.2 Å². The molecule has 1 aromatic rings. The molecule has 3 N–H and O–H groups in total. The van der Waals surface area contributed by atoms with Crippen molar-refractivity contribution in [1.82, 2.24) is 0 Å². The van der Waals surface area contributed by atoms with Crippen molar-refractivity contribution in [1.29, 1.82) is 0 Å². The maximum Gasteiger partial charge on any atom is 0.306 e. The van der Waals surface area contributed by atoms with Gasteiger partial charge in [-0.25, -0.2) is 0 Å². The number of phosphoric ester groups is 1. The lowest BCUT2D eigenvalue weighted by atomic mass is 10.0. The number of carbonyl (C=O) groups excluding carboxylic acids is 2. The fourth-order valence-electron chi connectivity index (χ4n) is 5.81. The van der Waals surface area contributed by atoms with Gasteiger partial charge in [0, 0.05) is 25.7 Å². The van der Waals surface area contributed by atoms with E-state index in [2.05, 4.69) is 20.8 Å². The Morgan fingerprint density at radius 2 is 1.37 bits per heavy atom. The highest BCUT2D eigenvalue weighted by atomic mass is 31.2. The third-order valence-electron chi connectivity index (χ3n) is 9.57. The first kappa shape index (κ1) is 54.9. The molecule has 0 saturated carbocycles. The van der Waals surface area contributed by atoms with E-state index in [0.29, 0.717) is 23.9 Å². The van der Waals surface area contributed by atoms with Gasteiger partial charge < -0.3 is 47.6 Å². The third-order valence-corrected chi connectivity index (χ3v) is 10.5. The van der Waals surface area contributed by atoms with Gasteiger partial charge in [0.2, 0.25) is 0 Å². The monoisotopic (exact) mass is 866 g/mol. The quantitative estimate of drug-likeness (QED) is 0.0154. The second-order valence-electron chi connectivity index (χ2n) is 16.1. The number of hydrogen-bond acceptors (Lipinski definition) is 12. The zero-order chi connectivity index (χ0) is 44.8. The Morgan fingerprint density at radius 3 is 2.02 bits per heavy atom. The predicted molar refractivity (Wildman–Crippen MR) is 234 cm³/mol. The molecule has 13 nitrogen and oxygen atoms in total. The number of phosphoric acid groups is 1. The van der Waals surface area contributed by atoms with Crippen molar-refractivity contribution in [3.63, 3.8) is 0 Å². The first-order valence-corrected chi connectivity index (χ1v) is 23.1. The summed E-state index contributed by atoms with van der Waals surface area (Å²) in [4.78, 5) is 37.7. The van der Waals surface area contributed by atoms with Crippen LogP contribution >= 0.6 is 7.82 Å². The summed E-state index contributed by atoms with van der Waals surface area (Å²) in [6.45, 7) is 7.72. The molecule has 0 saturated heterocycles. The second-order valence-corrected chi connectivity index (χ2v) is 17.5. The highest BCUT2D eigenvalue weighted by Gasteiger charge is 2.22. The van der Waals surface area contributed by atoms with Gasteiger partial charge in [-0.3, -0.25) is 14.2 Å². The van der Waals surface area contributed by atoms with E-state index in [9.17, 15) is 34.4 Å². The maximum absolute atomic E-state index is 12.7. The third kappa shape index (κ3) is 27.7. The minimum atomic E-state index is -4.73. The number of allylic oxidation sites excluding steroid dienone is 7. The zero-order valence-corrected chi connectivity index (χ0v) is 38.3. The van der Waals surface area contributed by atoms with Crippen LogP contribution in [-0.4, -0.2) is 104 Å². The molecule has 0 bridgehead atoms. The largest absolute Gasteiger partial charge is 0.756 e. The Kier molecular flexibility index (Phi) is 29.0. The molecule has 14 heteroatoms. The molecule has 1 rings (SSSR count). The highest BCUT2D eigenvalue weighted by molar-refractivity contribution is 7.45. The second kappa shape index (κ2) is 31.7. The van der Waals surface area contributed by atoms with Crippen molar-refractivity contribution in [2.75, 3.05) is 47.5 Å². The topological polar surface area (TPSA) is 185 Å². The Hall–Kier alpha value is -3.13. The van der Waals surface area contributed by atoms with Crippen molar-refractivity contribution in [2.45, 2.75) is 148 Å². The highest BCUT2D eigenvalue weighted by Crippen LogP contribution is 2.38. The standard InChI is InChI=1S/C46H76NO12P/c1-8-10-19-26-39(48)27-20-15-11-12-16-21-28-41(49)42(50)29-24-32-45(51)55-35-40(36-57-60(53,54)56-34-33-47(5,6)7)58-46(52)31-23-18-14-13-17-22-30-44-38(4)37(3)43(59-44)25-9-2/h10-12,15-16,19-21,27-28,39-42,48-50H,8-9,13-14,17-18,22-26,29-36H2,1-7H3/b15-11+,16-12-,19-10-,27-20+,28-21-/t39-,40-,41+,42+/m1/s1. The molecule has 0 fully saturated rings. The molecular formula is C46H76NO12P. The average molecular weight is 866 g/mol. The summed E-state index contributed by atoms with van der Waals surface area (Å²) in [5, 5.41) is 30.5. The van der Waals surface area contributed by atoms with Crippen LogP contribution in [0.5, 0.6) is 0 Å². The summed E-state index contributed by atoms with van der Waals surface area (Å²) in [5.41, 5.74) is 2.52. The van der Waals surface area contributed by atoms with Crippen molar-refractivity contribution in [2.24, 2.45) is 0 Å². The van der Waals surface area contributed by atoms with Gasteiger partial charge in [0.1, 0.15) is 31.3 Å². The van der Waals surface area contributed by atoms with Gasteiger partial charge in [-0.1, -0.05) is 100 Å². The molecule has 0 spiro atoms. The van der Waals surface area contributed by atoms with Gasteiger partial charge in [0.05, 0.1) is 46.1 Å². The van der Waals surface area contributed by atoms with E-state index in [1.165, 1.54) is 17.2 Å². The summed E-state index contributed by atoms with van der Waals surface area (Å²) >= 11 is 0. The zero-order valence-electron chi connectivity index (χ0n) is 37.4. The minimum Gasteiger partial charge on any atom is -0.756 e. The number of ether oxygens (including phenoxy) is 2. The number of aliphatic hydroxyl groups is 3. The number of aliphatic hydroxyl groups excluding tert-OH is 3. The van der Waals surface area contributed by atoms with Crippen LogP contribution in [0.25, 0.3) is 0 Å². The number of aryl methyl sites for hydroxylation is 2. The molecule has 1 aromatic heterocycles. The van der Waals surface area contributed by atoms with Crippen LogP contribution in [0, 0.1) is 13.8 Å². The van der Waals surface area contributed by atoms with Crippen molar-refractivity contribution >= 4 is 19.8 Å². The average Bonchev–Trinajstić information content (AvgIpc) is 3.44. The lowest BCUT2D eigenvalue weighted by Gasteiger charge is -2.28. The van der Waals surface area contributed by atoms with Gasteiger partial charge in [-0.05, 0) is 69.9 Å². The molecule has 342 valence electrons. The Balaban J connectivity index is 2.53. The number of unbranched alkanes of at least 4 members (excludes halogenated alkanes) is 5. The minimum absolute atomic E-state index is 0.0916. The number of quaternary nitrogens is 1. The Morgan fingerprint density at radius 1 is 0.767 bits per heavy atom. The summed E-state index contributed by atoms with van der Waals surface area (Å²) in [6, 6.07) is 0. The van der Waals surface area contributed by atoms with Gasteiger partial charge in [0.25, 0.3) is 7.82 Å². The fraction of sp³-hybridized carbons (Fsp3) is 0.652. The summed E-state index contributed by atoms with van der Waals surface area (Å²) in [5.74, 6) is 0.968. The first-order chi connectivity index (χ1) is 28.5. The van der Waals surface area contributed by atoms with Gasteiger partial charge in [0.15, 0.2) is 6.10 Å². The summed E-state index contributed by atoms with van der Waals surface area (Å²) < 4.78 is 39.7. The van der Waals surface area contributed by atoms with Crippen LogP contribution in [0.4, 0.5) is 0 Å². The molecule has 0 radical (unpaired) electrons. The van der Waals surface area contributed by atoms with E-state index in [1.54, 1.807) is 42.5 Å². The summed E-state index contributed by atoms with van der Waals surface area (Å²) in [6.07, 6.45) is 23.6. The smallest absolute Gasteiger partial charge is 0.306 e. The number of likely N-dealkylation sites (N-methyl/N-ethyl adjacent to an activating group) is 1. The number of hydrogen-bond donors (Lipinski definition) is 3. The van der Waals surface area contributed by atoms with E-state index < -0.39 is 57.4 Å². The molecule has 0 amide bonds. The van der Waals surface area contributed by atoms with E-state index in [0.717, 1.165) is 69.3 Å². The van der Waals surface area contributed by atoms with Crippen LogP contribution in [-0.2, 0) is 45.5 Å². The first-order valence-electron chi connectivity index (χ1n) is 21.7. The van der Waals surface area contributed by atoms with Crippen LogP contribution in [0.1, 0.15) is 120 Å². The molecular weight excluding hydrogens is 789 g/mol. The van der Waals surface area contributed by atoms with Crippen LogP contribution in [0.15, 0.2) is 65.2 Å². The maximum atomic E-state index is 12.7. The van der Waals surface area contributed by atoms with Crippen molar-refractivity contribution < 1.29 is 61.8 Å². The lowest BCUT2D eigenvalue weighted by Crippen LogP contribution is -2.37. The molecule has 0 aliphatic rings. The molecule has 0 aromatic carbocycles. The van der Waals surface area contributed by atoms with Gasteiger partial charge in [-0.2, -0.15) is 0 Å². The molecule has 60 heavy (non-hydrogen) atoms. The fourth-order valence-corrected chi connectivity index (χ4v) is 6.53. The van der Waals surface area contributed by atoms with E-state index in [-0.39, 0.29) is 32.3 Å².